The summed E-state index contributed by atoms with van der Waals surface area (Å²) in [6.07, 6.45) is 0.739. The standard InChI is InChI=1S/C7H13NO2S/c1-3-5(2)6-4-8(11)7(9)10-6/h5-6,11H,3-4H2,1-2H3. The molecule has 0 aliphatic carbocycles. The van der Waals surface area contributed by atoms with Crippen molar-refractivity contribution in [3.8, 4) is 0 Å². The zero-order valence-corrected chi connectivity index (χ0v) is 7.67. The molecule has 0 spiro atoms. The van der Waals surface area contributed by atoms with Gasteiger partial charge in [-0.2, -0.15) is 0 Å². The number of hydrogen-bond acceptors (Lipinski definition) is 3. The Labute approximate surface area is 72.2 Å². The van der Waals surface area contributed by atoms with E-state index in [1.165, 1.54) is 4.31 Å². The van der Waals surface area contributed by atoms with Gasteiger partial charge in [-0.1, -0.05) is 26.7 Å². The van der Waals surface area contributed by atoms with E-state index in [4.69, 9.17) is 4.74 Å². The zero-order valence-electron chi connectivity index (χ0n) is 6.78. The van der Waals surface area contributed by atoms with Gasteiger partial charge in [0.2, 0.25) is 0 Å². The summed E-state index contributed by atoms with van der Waals surface area (Å²) in [4.78, 5) is 10.8. The highest BCUT2D eigenvalue weighted by Crippen LogP contribution is 2.21. The van der Waals surface area contributed by atoms with Crippen molar-refractivity contribution in [1.29, 1.82) is 0 Å². The van der Waals surface area contributed by atoms with Gasteiger partial charge in [-0.05, 0) is 12.3 Å². The first kappa shape index (κ1) is 8.71. The molecule has 0 aromatic rings. The average Bonchev–Trinajstić information content (AvgIpc) is 2.31. The summed E-state index contributed by atoms with van der Waals surface area (Å²) >= 11 is 3.94. The van der Waals surface area contributed by atoms with Gasteiger partial charge in [-0.3, -0.25) is 4.31 Å². The number of hydrogen-bond donors (Lipinski definition) is 1. The maximum Gasteiger partial charge on any atom is 0.420 e. The Morgan fingerprint density at radius 3 is 2.91 bits per heavy atom. The van der Waals surface area contributed by atoms with E-state index in [1.807, 2.05) is 0 Å². The van der Waals surface area contributed by atoms with Crippen molar-refractivity contribution >= 4 is 18.9 Å². The van der Waals surface area contributed by atoms with Gasteiger partial charge in [0.05, 0.1) is 6.54 Å². The summed E-state index contributed by atoms with van der Waals surface area (Å²) < 4.78 is 6.35. The van der Waals surface area contributed by atoms with Gasteiger partial charge < -0.3 is 4.74 Å². The van der Waals surface area contributed by atoms with Crippen molar-refractivity contribution in [3.05, 3.63) is 0 Å². The normalized spacial score (nSPS) is 27.0. The van der Waals surface area contributed by atoms with E-state index in [2.05, 4.69) is 26.7 Å². The Morgan fingerprint density at radius 1 is 1.91 bits per heavy atom. The fourth-order valence-electron chi connectivity index (χ4n) is 1.03. The number of thiol groups is 1. The molecule has 64 valence electrons. The maximum absolute atomic E-state index is 10.8. The fraction of sp³-hybridized carbons (Fsp3) is 0.857. The number of rotatable bonds is 2. The van der Waals surface area contributed by atoms with Gasteiger partial charge in [0.1, 0.15) is 6.10 Å². The minimum absolute atomic E-state index is 0.0324. The van der Waals surface area contributed by atoms with E-state index < -0.39 is 0 Å². The third kappa shape index (κ3) is 1.80. The molecule has 0 aromatic heterocycles. The van der Waals surface area contributed by atoms with Gasteiger partial charge in [0, 0.05) is 0 Å². The van der Waals surface area contributed by atoms with E-state index in [0.29, 0.717) is 12.5 Å². The summed E-state index contributed by atoms with van der Waals surface area (Å²) in [5.74, 6) is 0.427. The van der Waals surface area contributed by atoms with Crippen LogP contribution in [0.3, 0.4) is 0 Å². The van der Waals surface area contributed by atoms with Crippen LogP contribution in [0.25, 0.3) is 0 Å². The fourth-order valence-corrected chi connectivity index (χ4v) is 1.24. The Balaban J connectivity index is 2.46. The van der Waals surface area contributed by atoms with Crippen LogP contribution in [0.1, 0.15) is 20.3 Å². The summed E-state index contributed by atoms with van der Waals surface area (Å²) in [6, 6.07) is 0. The Morgan fingerprint density at radius 2 is 2.55 bits per heavy atom. The molecule has 2 atom stereocenters. The average molecular weight is 175 g/mol. The van der Waals surface area contributed by atoms with Crippen LogP contribution in [0.5, 0.6) is 0 Å². The lowest BCUT2D eigenvalue weighted by molar-refractivity contribution is 0.108. The Bertz CT molecular complexity index is 163. The molecular weight excluding hydrogens is 162 g/mol. The highest BCUT2D eigenvalue weighted by Gasteiger charge is 2.32. The first-order valence-electron chi connectivity index (χ1n) is 3.82. The molecule has 1 fully saturated rings. The predicted molar refractivity (Wildman–Crippen MR) is 45.4 cm³/mol. The van der Waals surface area contributed by atoms with Gasteiger partial charge in [-0.15, -0.1) is 0 Å². The second-order valence-corrected chi connectivity index (χ2v) is 3.37. The number of amides is 1. The van der Waals surface area contributed by atoms with Gasteiger partial charge in [0.25, 0.3) is 0 Å². The van der Waals surface area contributed by atoms with E-state index in [0.717, 1.165) is 6.42 Å². The lowest BCUT2D eigenvalue weighted by Crippen LogP contribution is -2.21. The molecular formula is C7H13NO2S. The number of nitrogens with zero attached hydrogens (tertiary/aromatic N) is 1. The molecule has 0 radical (unpaired) electrons. The van der Waals surface area contributed by atoms with E-state index >= 15 is 0 Å². The number of carbonyl (C=O) groups is 1. The Hall–Kier alpha value is -0.380. The lowest BCUT2D eigenvalue weighted by Gasteiger charge is -2.13. The molecule has 4 heteroatoms. The molecule has 3 nitrogen and oxygen atoms in total. The molecule has 0 N–H and O–H groups in total. The zero-order chi connectivity index (χ0) is 8.43. The van der Waals surface area contributed by atoms with Crippen LogP contribution in [0.2, 0.25) is 0 Å². The van der Waals surface area contributed by atoms with Crippen LogP contribution >= 0.6 is 12.8 Å². The lowest BCUT2D eigenvalue weighted by atomic mass is 10.0. The minimum Gasteiger partial charge on any atom is -0.443 e. The van der Waals surface area contributed by atoms with Crippen molar-refractivity contribution in [2.45, 2.75) is 26.4 Å². The summed E-state index contributed by atoms with van der Waals surface area (Å²) in [6.45, 7) is 4.77. The molecule has 0 bridgehead atoms. The topological polar surface area (TPSA) is 29.5 Å². The number of carbonyl (C=O) groups excluding carboxylic acids is 1. The second-order valence-electron chi connectivity index (χ2n) is 2.89. The molecule has 0 aromatic carbocycles. The van der Waals surface area contributed by atoms with Crippen LogP contribution in [-0.2, 0) is 4.74 Å². The Kier molecular flexibility index (Phi) is 2.65. The van der Waals surface area contributed by atoms with Crippen molar-refractivity contribution < 1.29 is 9.53 Å². The quantitative estimate of drug-likeness (QED) is 0.647. The molecule has 1 saturated heterocycles. The molecule has 1 heterocycles. The highest BCUT2D eigenvalue weighted by atomic mass is 32.1. The molecule has 2 unspecified atom stereocenters. The number of ether oxygens (including phenoxy) is 1. The summed E-state index contributed by atoms with van der Waals surface area (Å²) in [7, 11) is 0. The van der Waals surface area contributed by atoms with E-state index in [-0.39, 0.29) is 12.2 Å². The smallest absolute Gasteiger partial charge is 0.420 e. The van der Waals surface area contributed by atoms with E-state index in [9.17, 15) is 4.79 Å². The third-order valence-electron chi connectivity index (χ3n) is 2.09. The summed E-state index contributed by atoms with van der Waals surface area (Å²) in [5.41, 5.74) is 0. The largest absolute Gasteiger partial charge is 0.443 e. The third-order valence-corrected chi connectivity index (χ3v) is 2.42. The van der Waals surface area contributed by atoms with Gasteiger partial charge >= 0.3 is 6.09 Å². The minimum atomic E-state index is -0.321. The van der Waals surface area contributed by atoms with Crippen molar-refractivity contribution in [2.75, 3.05) is 6.54 Å². The van der Waals surface area contributed by atoms with Gasteiger partial charge in [-0.25, -0.2) is 4.79 Å². The van der Waals surface area contributed by atoms with Crippen LogP contribution < -0.4 is 0 Å². The number of cyclic esters (lactones) is 1. The molecule has 1 rings (SSSR count). The highest BCUT2D eigenvalue weighted by molar-refractivity contribution is 7.78. The van der Waals surface area contributed by atoms with Crippen molar-refractivity contribution in [2.24, 2.45) is 5.92 Å². The van der Waals surface area contributed by atoms with Gasteiger partial charge in [0.15, 0.2) is 0 Å². The molecule has 1 amide bonds. The molecule has 11 heavy (non-hydrogen) atoms. The first-order chi connectivity index (χ1) is 5.15. The maximum atomic E-state index is 10.8. The molecule has 1 aliphatic rings. The summed E-state index contributed by atoms with van der Waals surface area (Å²) in [5, 5.41) is 0. The van der Waals surface area contributed by atoms with Crippen LogP contribution in [-0.4, -0.2) is 23.0 Å². The van der Waals surface area contributed by atoms with Crippen LogP contribution in [0.4, 0.5) is 4.79 Å². The van der Waals surface area contributed by atoms with Crippen LogP contribution in [0, 0.1) is 5.92 Å². The van der Waals surface area contributed by atoms with Crippen molar-refractivity contribution in [1.82, 2.24) is 4.31 Å². The molecule has 1 aliphatic heterocycles. The van der Waals surface area contributed by atoms with Crippen LogP contribution in [0.15, 0.2) is 0 Å². The second kappa shape index (κ2) is 3.34. The van der Waals surface area contributed by atoms with Crippen molar-refractivity contribution in [3.63, 3.8) is 0 Å². The van der Waals surface area contributed by atoms with E-state index in [1.54, 1.807) is 0 Å². The SMILES string of the molecule is CCC(C)C1CN(S)C(=O)O1. The molecule has 0 saturated carbocycles. The predicted octanol–water partition coefficient (Wildman–Crippen LogP) is 1.70. The first-order valence-corrected chi connectivity index (χ1v) is 4.22. The monoisotopic (exact) mass is 175 g/mol.